The van der Waals surface area contributed by atoms with Crippen LogP contribution in [-0.2, 0) is 10.0 Å². The van der Waals surface area contributed by atoms with Crippen LogP contribution < -0.4 is 0 Å². The van der Waals surface area contributed by atoms with Gasteiger partial charge >= 0.3 is 0 Å². The molecule has 1 rings (SSSR count). The van der Waals surface area contributed by atoms with Crippen molar-refractivity contribution in [2.45, 2.75) is 31.2 Å². The molecule has 0 atom stereocenters. The first-order valence-electron chi connectivity index (χ1n) is 5.98. The molecule has 6 heteroatoms. The summed E-state index contributed by atoms with van der Waals surface area (Å²) < 4.78 is 39.7. The third-order valence-corrected chi connectivity index (χ3v) is 4.82. The van der Waals surface area contributed by atoms with Crippen LogP contribution in [0.4, 0.5) is 4.39 Å². The lowest BCUT2D eigenvalue weighted by Gasteiger charge is -2.33. The molecule has 1 aromatic carbocycles. The quantitative estimate of drug-likeness (QED) is 0.803. The molecule has 0 radical (unpaired) electrons. The van der Waals surface area contributed by atoms with E-state index in [1.807, 2.05) is 0 Å². The van der Waals surface area contributed by atoms with Gasteiger partial charge in [0.05, 0.1) is 10.5 Å². The van der Waals surface area contributed by atoms with E-state index in [1.54, 1.807) is 26.8 Å². The highest BCUT2D eigenvalue weighted by Gasteiger charge is 2.33. The van der Waals surface area contributed by atoms with Crippen molar-refractivity contribution in [3.05, 3.63) is 42.2 Å². The highest BCUT2D eigenvalue weighted by molar-refractivity contribution is 7.89. The highest BCUT2D eigenvalue weighted by Crippen LogP contribution is 2.25. The number of nitriles is 1. The maximum Gasteiger partial charge on any atom is 0.243 e. The SMILES string of the molecule is C=CCN(C(C)(C)C)S(=O)(=O)c1ccc(F)c(C#N)c1. The molecule has 0 fully saturated rings. The van der Waals surface area contributed by atoms with Crippen molar-refractivity contribution >= 4 is 10.0 Å². The van der Waals surface area contributed by atoms with Crippen LogP contribution in [0.25, 0.3) is 0 Å². The van der Waals surface area contributed by atoms with E-state index in [9.17, 15) is 12.8 Å². The summed E-state index contributed by atoms with van der Waals surface area (Å²) in [4.78, 5) is -0.104. The van der Waals surface area contributed by atoms with E-state index in [4.69, 9.17) is 5.26 Å². The fourth-order valence-corrected chi connectivity index (χ4v) is 3.51. The first-order chi connectivity index (χ1) is 9.14. The van der Waals surface area contributed by atoms with Crippen LogP contribution in [0.2, 0.25) is 0 Å². The fourth-order valence-electron chi connectivity index (χ4n) is 1.73. The Hall–Kier alpha value is -1.71. The Labute approximate surface area is 119 Å². The van der Waals surface area contributed by atoms with Gasteiger partial charge in [-0.25, -0.2) is 12.8 Å². The molecule has 20 heavy (non-hydrogen) atoms. The first kappa shape index (κ1) is 16.3. The third kappa shape index (κ3) is 3.24. The summed E-state index contributed by atoms with van der Waals surface area (Å²) in [6.45, 7) is 8.94. The molecule has 0 aromatic heterocycles. The minimum atomic E-state index is -3.83. The van der Waals surface area contributed by atoms with E-state index in [2.05, 4.69) is 6.58 Å². The minimum absolute atomic E-state index is 0.104. The maximum atomic E-state index is 13.3. The minimum Gasteiger partial charge on any atom is -0.207 e. The molecule has 4 nitrogen and oxygen atoms in total. The van der Waals surface area contributed by atoms with Gasteiger partial charge in [0.2, 0.25) is 10.0 Å². The summed E-state index contributed by atoms with van der Waals surface area (Å²) in [5.74, 6) is -0.738. The zero-order chi connectivity index (χ0) is 15.6. The zero-order valence-electron chi connectivity index (χ0n) is 11.7. The molecule has 0 N–H and O–H groups in total. The predicted molar refractivity (Wildman–Crippen MR) is 75.0 cm³/mol. The molecular weight excluding hydrogens is 279 g/mol. The predicted octanol–water partition coefficient (Wildman–Crippen LogP) is 2.67. The largest absolute Gasteiger partial charge is 0.243 e. The van der Waals surface area contributed by atoms with Crippen LogP contribution in [-0.4, -0.2) is 24.8 Å². The number of benzene rings is 1. The Kier molecular flexibility index (Phi) is 4.69. The van der Waals surface area contributed by atoms with Crippen molar-refractivity contribution in [3.8, 4) is 6.07 Å². The van der Waals surface area contributed by atoms with Crippen molar-refractivity contribution in [3.63, 3.8) is 0 Å². The summed E-state index contributed by atoms with van der Waals surface area (Å²) >= 11 is 0. The van der Waals surface area contributed by atoms with Crippen LogP contribution in [0.15, 0.2) is 35.7 Å². The highest BCUT2D eigenvalue weighted by atomic mass is 32.2. The normalized spacial score (nSPS) is 12.2. The van der Waals surface area contributed by atoms with Crippen molar-refractivity contribution < 1.29 is 12.8 Å². The van der Waals surface area contributed by atoms with Gasteiger partial charge in [0, 0.05) is 12.1 Å². The van der Waals surface area contributed by atoms with Gasteiger partial charge in [-0.15, -0.1) is 6.58 Å². The number of hydrogen-bond donors (Lipinski definition) is 0. The van der Waals surface area contributed by atoms with Crippen molar-refractivity contribution in [1.29, 1.82) is 5.26 Å². The van der Waals surface area contributed by atoms with Crippen LogP contribution in [0.1, 0.15) is 26.3 Å². The molecule has 0 saturated heterocycles. The summed E-state index contributed by atoms with van der Waals surface area (Å²) in [6.07, 6.45) is 1.48. The topological polar surface area (TPSA) is 61.2 Å². The van der Waals surface area contributed by atoms with Gasteiger partial charge in [-0.05, 0) is 39.0 Å². The van der Waals surface area contributed by atoms with Gasteiger partial charge in [-0.3, -0.25) is 0 Å². The number of rotatable bonds is 4. The number of sulfonamides is 1. The molecule has 0 aliphatic heterocycles. The molecule has 0 heterocycles. The lowest BCUT2D eigenvalue weighted by molar-refractivity contribution is 0.270. The number of halogens is 1. The average Bonchev–Trinajstić information content (AvgIpc) is 2.34. The lowest BCUT2D eigenvalue weighted by Crippen LogP contribution is -2.45. The van der Waals surface area contributed by atoms with Crippen LogP contribution in [0.3, 0.4) is 0 Å². The van der Waals surface area contributed by atoms with Gasteiger partial charge in [0.1, 0.15) is 11.9 Å². The van der Waals surface area contributed by atoms with Gasteiger partial charge in [-0.2, -0.15) is 9.57 Å². The van der Waals surface area contributed by atoms with Crippen molar-refractivity contribution in [2.24, 2.45) is 0 Å². The Morgan fingerprint density at radius 3 is 2.50 bits per heavy atom. The zero-order valence-corrected chi connectivity index (χ0v) is 12.5. The second kappa shape index (κ2) is 5.73. The van der Waals surface area contributed by atoms with E-state index in [0.717, 1.165) is 18.2 Å². The lowest BCUT2D eigenvalue weighted by atomic mass is 10.1. The van der Waals surface area contributed by atoms with Gasteiger partial charge in [0.15, 0.2) is 0 Å². The second-order valence-corrected chi connectivity index (χ2v) is 7.11. The van der Waals surface area contributed by atoms with E-state index in [-0.39, 0.29) is 17.0 Å². The Balaban J connectivity index is 3.42. The van der Waals surface area contributed by atoms with E-state index < -0.39 is 21.4 Å². The van der Waals surface area contributed by atoms with E-state index >= 15 is 0 Å². The van der Waals surface area contributed by atoms with Crippen LogP contribution in [0.5, 0.6) is 0 Å². The summed E-state index contributed by atoms with van der Waals surface area (Å²) in [5.41, 5.74) is -0.952. The smallest absolute Gasteiger partial charge is 0.207 e. The Bertz CT molecular complexity index is 655. The summed E-state index contributed by atoms with van der Waals surface area (Å²) in [5, 5.41) is 8.80. The molecule has 108 valence electrons. The van der Waals surface area contributed by atoms with Gasteiger partial charge < -0.3 is 0 Å². The van der Waals surface area contributed by atoms with Crippen molar-refractivity contribution in [2.75, 3.05) is 6.54 Å². The van der Waals surface area contributed by atoms with Crippen molar-refractivity contribution in [1.82, 2.24) is 4.31 Å². The molecule has 0 spiro atoms. The molecular formula is C14H17FN2O2S. The number of hydrogen-bond acceptors (Lipinski definition) is 3. The summed E-state index contributed by atoms with van der Waals surface area (Å²) in [7, 11) is -3.83. The fraction of sp³-hybridized carbons (Fsp3) is 0.357. The second-order valence-electron chi connectivity index (χ2n) is 5.25. The molecule has 0 unspecified atom stereocenters. The Morgan fingerprint density at radius 1 is 1.45 bits per heavy atom. The molecule has 0 amide bonds. The van der Waals surface area contributed by atoms with E-state index in [0.29, 0.717) is 0 Å². The molecule has 0 aliphatic carbocycles. The van der Waals surface area contributed by atoms with E-state index in [1.165, 1.54) is 10.4 Å². The molecule has 0 aliphatic rings. The van der Waals surface area contributed by atoms with Gasteiger partial charge in [-0.1, -0.05) is 6.08 Å². The summed E-state index contributed by atoms with van der Waals surface area (Å²) in [6, 6.07) is 4.83. The Morgan fingerprint density at radius 2 is 2.05 bits per heavy atom. The molecule has 1 aromatic rings. The number of nitrogens with zero attached hydrogens (tertiary/aromatic N) is 2. The monoisotopic (exact) mass is 296 g/mol. The van der Waals surface area contributed by atoms with Crippen LogP contribution >= 0.6 is 0 Å². The van der Waals surface area contributed by atoms with Crippen LogP contribution in [0, 0.1) is 17.1 Å². The molecule has 0 saturated carbocycles. The molecule has 0 bridgehead atoms. The third-order valence-electron chi connectivity index (χ3n) is 2.69. The average molecular weight is 296 g/mol. The standard InChI is InChI=1S/C14H17FN2O2S/c1-5-8-17(14(2,3)4)20(18,19)12-6-7-13(15)11(9-12)10-16/h5-7,9H,1,8H2,2-4H3. The maximum absolute atomic E-state index is 13.3. The van der Waals surface area contributed by atoms with Gasteiger partial charge in [0.25, 0.3) is 0 Å². The first-order valence-corrected chi connectivity index (χ1v) is 7.42.